The molecule has 0 N–H and O–H groups in total. The topological polar surface area (TPSA) is 48.0 Å². The van der Waals surface area contributed by atoms with Gasteiger partial charge in [0.15, 0.2) is 11.5 Å². The number of ether oxygens (including phenoxy) is 3. The summed E-state index contributed by atoms with van der Waals surface area (Å²) >= 11 is 0. The second-order valence-corrected chi connectivity index (χ2v) is 7.00. The fraction of sp³-hybridized carbons (Fsp3) is 0.409. The maximum Gasteiger partial charge on any atom is 0.254 e. The van der Waals surface area contributed by atoms with Crippen LogP contribution < -0.4 is 14.2 Å². The Morgan fingerprint density at radius 1 is 1.00 bits per heavy atom. The van der Waals surface area contributed by atoms with Gasteiger partial charge in [-0.2, -0.15) is 0 Å². The normalized spacial score (nSPS) is 19.3. The van der Waals surface area contributed by atoms with Crippen molar-refractivity contribution in [2.75, 3.05) is 26.9 Å². The highest BCUT2D eigenvalue weighted by molar-refractivity contribution is 5.95. The summed E-state index contributed by atoms with van der Waals surface area (Å²) in [7, 11) is 1.67. The number of carbonyl (C=O) groups excluding carboxylic acids is 1. The van der Waals surface area contributed by atoms with E-state index < -0.39 is 0 Å². The van der Waals surface area contributed by atoms with Gasteiger partial charge in [0.1, 0.15) is 19.0 Å². The van der Waals surface area contributed by atoms with E-state index in [-0.39, 0.29) is 11.9 Å². The summed E-state index contributed by atoms with van der Waals surface area (Å²) in [4.78, 5) is 15.4. The molecule has 0 aliphatic carbocycles. The van der Waals surface area contributed by atoms with E-state index in [1.165, 1.54) is 0 Å². The van der Waals surface area contributed by atoms with Crippen LogP contribution in [0.3, 0.4) is 0 Å². The van der Waals surface area contributed by atoms with E-state index in [0.29, 0.717) is 30.3 Å². The molecule has 1 saturated heterocycles. The first-order valence-corrected chi connectivity index (χ1v) is 9.61. The predicted molar refractivity (Wildman–Crippen MR) is 103 cm³/mol. The number of methoxy groups -OCH3 is 1. The number of hydrogen-bond donors (Lipinski definition) is 0. The highest BCUT2D eigenvalue weighted by atomic mass is 16.6. The summed E-state index contributed by atoms with van der Waals surface area (Å²) in [6.07, 6.45) is 4.28. The molecular formula is C22H25NO4. The van der Waals surface area contributed by atoms with Crippen molar-refractivity contribution >= 4 is 5.91 Å². The number of nitrogens with zero attached hydrogens (tertiary/aromatic N) is 1. The zero-order chi connectivity index (χ0) is 18.6. The van der Waals surface area contributed by atoms with E-state index in [1.54, 1.807) is 7.11 Å². The third-order valence-corrected chi connectivity index (χ3v) is 5.30. The van der Waals surface area contributed by atoms with Crippen LogP contribution in [0.2, 0.25) is 0 Å². The molecule has 2 aromatic carbocycles. The molecule has 1 fully saturated rings. The van der Waals surface area contributed by atoms with E-state index in [1.807, 2.05) is 35.2 Å². The van der Waals surface area contributed by atoms with Crippen molar-refractivity contribution in [3.8, 4) is 17.2 Å². The molecule has 0 bridgehead atoms. The standard InChI is InChI=1S/C22H25NO4/c1-25-18-9-6-16(7-10-18)19-5-3-2-4-12-23(19)22(24)17-8-11-20-21(15-17)27-14-13-26-20/h6-11,15,19H,2-5,12-14H2,1H3. The molecule has 27 heavy (non-hydrogen) atoms. The lowest BCUT2D eigenvalue weighted by Crippen LogP contribution is -2.35. The fourth-order valence-electron chi connectivity index (χ4n) is 3.87. The van der Waals surface area contributed by atoms with Crippen molar-refractivity contribution in [3.63, 3.8) is 0 Å². The van der Waals surface area contributed by atoms with Gasteiger partial charge in [0, 0.05) is 12.1 Å². The molecule has 0 radical (unpaired) electrons. The van der Waals surface area contributed by atoms with Gasteiger partial charge < -0.3 is 19.1 Å². The minimum atomic E-state index is 0.0506. The Bertz CT molecular complexity index is 802. The molecule has 5 heteroatoms. The first-order valence-electron chi connectivity index (χ1n) is 9.61. The number of fused-ring (bicyclic) bond motifs is 1. The van der Waals surface area contributed by atoms with Gasteiger partial charge in [-0.05, 0) is 48.7 Å². The summed E-state index contributed by atoms with van der Waals surface area (Å²) in [6, 6.07) is 13.6. The number of hydrogen-bond acceptors (Lipinski definition) is 4. The maximum atomic E-state index is 13.4. The largest absolute Gasteiger partial charge is 0.497 e. The summed E-state index contributed by atoms with van der Waals surface area (Å²) in [6.45, 7) is 1.83. The van der Waals surface area contributed by atoms with E-state index >= 15 is 0 Å². The van der Waals surface area contributed by atoms with E-state index in [9.17, 15) is 4.79 Å². The van der Waals surface area contributed by atoms with Gasteiger partial charge in [-0.25, -0.2) is 0 Å². The molecule has 1 amide bonds. The molecular weight excluding hydrogens is 342 g/mol. The molecule has 1 unspecified atom stereocenters. The van der Waals surface area contributed by atoms with Crippen molar-refractivity contribution in [2.24, 2.45) is 0 Å². The second kappa shape index (κ2) is 7.91. The van der Waals surface area contributed by atoms with Crippen LogP contribution in [0.15, 0.2) is 42.5 Å². The average Bonchev–Trinajstić information content (AvgIpc) is 2.99. The van der Waals surface area contributed by atoms with Gasteiger partial charge in [-0.15, -0.1) is 0 Å². The molecule has 2 aromatic rings. The quantitative estimate of drug-likeness (QED) is 0.815. The molecule has 2 heterocycles. The first-order chi connectivity index (χ1) is 13.3. The van der Waals surface area contributed by atoms with Gasteiger partial charge in [-0.3, -0.25) is 4.79 Å². The Balaban J connectivity index is 1.62. The van der Waals surface area contributed by atoms with Crippen LogP contribution in [0.25, 0.3) is 0 Å². The van der Waals surface area contributed by atoms with Crippen LogP contribution in [0.4, 0.5) is 0 Å². The SMILES string of the molecule is COc1ccc(C2CCCCCN2C(=O)c2ccc3c(c2)OCCO3)cc1. The minimum Gasteiger partial charge on any atom is -0.497 e. The Morgan fingerprint density at radius 3 is 2.56 bits per heavy atom. The molecule has 0 saturated carbocycles. The fourth-order valence-corrected chi connectivity index (χ4v) is 3.87. The summed E-state index contributed by atoms with van der Waals surface area (Å²) in [5.74, 6) is 2.25. The lowest BCUT2D eigenvalue weighted by atomic mass is 9.99. The van der Waals surface area contributed by atoms with Crippen molar-refractivity contribution < 1.29 is 19.0 Å². The molecule has 0 spiro atoms. The lowest BCUT2D eigenvalue weighted by molar-refractivity contribution is 0.0680. The summed E-state index contributed by atoms with van der Waals surface area (Å²) < 4.78 is 16.5. The zero-order valence-electron chi connectivity index (χ0n) is 15.6. The van der Waals surface area contributed by atoms with Crippen LogP contribution >= 0.6 is 0 Å². The average molecular weight is 367 g/mol. The minimum absolute atomic E-state index is 0.0506. The second-order valence-electron chi connectivity index (χ2n) is 7.00. The molecule has 4 rings (SSSR count). The Hall–Kier alpha value is -2.69. The first kappa shape index (κ1) is 17.7. The van der Waals surface area contributed by atoms with Gasteiger partial charge in [0.2, 0.25) is 0 Å². The third kappa shape index (κ3) is 3.72. The number of benzene rings is 2. The Labute approximate surface area is 159 Å². The van der Waals surface area contributed by atoms with Crippen LogP contribution in [0.1, 0.15) is 47.6 Å². The molecule has 2 aliphatic rings. The maximum absolute atomic E-state index is 13.4. The van der Waals surface area contributed by atoms with Gasteiger partial charge in [0.05, 0.1) is 13.2 Å². The zero-order valence-corrected chi connectivity index (χ0v) is 15.6. The van der Waals surface area contributed by atoms with E-state index in [2.05, 4.69) is 12.1 Å². The van der Waals surface area contributed by atoms with Crippen molar-refractivity contribution in [3.05, 3.63) is 53.6 Å². The van der Waals surface area contributed by atoms with Gasteiger partial charge >= 0.3 is 0 Å². The van der Waals surface area contributed by atoms with Crippen LogP contribution in [0, 0.1) is 0 Å². The number of rotatable bonds is 3. The number of carbonyl (C=O) groups is 1. The molecule has 142 valence electrons. The summed E-state index contributed by atoms with van der Waals surface area (Å²) in [5.41, 5.74) is 1.81. The van der Waals surface area contributed by atoms with Crippen molar-refractivity contribution in [1.82, 2.24) is 4.90 Å². The van der Waals surface area contributed by atoms with Crippen LogP contribution in [0.5, 0.6) is 17.2 Å². The monoisotopic (exact) mass is 367 g/mol. The Kier molecular flexibility index (Phi) is 5.19. The molecule has 2 aliphatic heterocycles. The third-order valence-electron chi connectivity index (χ3n) is 5.30. The van der Waals surface area contributed by atoms with Crippen LogP contribution in [-0.2, 0) is 0 Å². The Morgan fingerprint density at radius 2 is 1.78 bits per heavy atom. The lowest BCUT2D eigenvalue weighted by Gasteiger charge is -2.31. The summed E-state index contributed by atoms with van der Waals surface area (Å²) in [5, 5.41) is 0. The van der Waals surface area contributed by atoms with Crippen molar-refractivity contribution in [2.45, 2.75) is 31.7 Å². The number of likely N-dealkylation sites (tertiary alicyclic amines) is 1. The molecule has 5 nitrogen and oxygen atoms in total. The van der Waals surface area contributed by atoms with E-state index in [0.717, 1.165) is 43.5 Å². The highest BCUT2D eigenvalue weighted by Crippen LogP contribution is 2.35. The van der Waals surface area contributed by atoms with Gasteiger partial charge in [0.25, 0.3) is 5.91 Å². The predicted octanol–water partition coefficient (Wildman–Crippen LogP) is 4.22. The van der Waals surface area contributed by atoms with E-state index in [4.69, 9.17) is 14.2 Å². The molecule has 1 atom stereocenters. The van der Waals surface area contributed by atoms with Gasteiger partial charge in [-0.1, -0.05) is 25.0 Å². The highest BCUT2D eigenvalue weighted by Gasteiger charge is 2.28. The molecule has 0 aromatic heterocycles. The van der Waals surface area contributed by atoms with Crippen LogP contribution in [-0.4, -0.2) is 37.7 Å². The smallest absolute Gasteiger partial charge is 0.254 e. The number of amides is 1. The van der Waals surface area contributed by atoms with Crippen molar-refractivity contribution in [1.29, 1.82) is 0 Å².